The lowest BCUT2D eigenvalue weighted by molar-refractivity contribution is 0.206. The molecule has 24 heavy (non-hydrogen) atoms. The van der Waals surface area contributed by atoms with Gasteiger partial charge < -0.3 is 0 Å². The summed E-state index contributed by atoms with van der Waals surface area (Å²) in [6, 6.07) is 2.82. The average Bonchev–Trinajstić information content (AvgIpc) is 2.83. The van der Waals surface area contributed by atoms with E-state index in [0.29, 0.717) is 17.4 Å². The van der Waals surface area contributed by atoms with Crippen molar-refractivity contribution >= 4 is 34.9 Å². The molecule has 1 N–H and O–H groups in total. The summed E-state index contributed by atoms with van der Waals surface area (Å²) in [5.74, 6) is 0.337. The molecule has 1 fully saturated rings. The summed E-state index contributed by atoms with van der Waals surface area (Å²) in [6.07, 6.45) is 11.4. The molecule has 3 rings (SSSR count). The van der Waals surface area contributed by atoms with Crippen LogP contribution in [0.2, 0.25) is 0 Å². The molecule has 0 amide bonds. The number of nitrogens with zero attached hydrogens (tertiary/aromatic N) is 2. The highest BCUT2D eigenvalue weighted by Crippen LogP contribution is 2.36. The van der Waals surface area contributed by atoms with Crippen LogP contribution in [0.4, 0.5) is 0 Å². The van der Waals surface area contributed by atoms with Gasteiger partial charge in [-0.05, 0) is 89.5 Å². The van der Waals surface area contributed by atoms with E-state index in [-0.39, 0.29) is 4.17 Å². The fourth-order valence-electron chi connectivity index (χ4n) is 3.65. The smallest absolute Gasteiger partial charge is 0.151 e. The summed E-state index contributed by atoms with van der Waals surface area (Å²) < 4.78 is 0.139. The SMILES string of the molecule is Cc1cnc2c(c1)C=C(C=NC(I)NC1CCC(C)(C)CC1)[C@@H]2C. The lowest BCUT2D eigenvalue weighted by atomic mass is 9.76. The standard InChI is InChI=1S/C20H28IN3/c1-13-9-15-10-16(14(2)18(15)22-11-13)12-23-19(21)24-17-5-7-20(3,4)8-6-17/h9-12,14,17,19,24H,5-8H2,1-4H3/t14-,19?/m0/s1. The number of halogens is 1. The van der Waals surface area contributed by atoms with Crippen LogP contribution in [0.3, 0.4) is 0 Å². The van der Waals surface area contributed by atoms with E-state index in [1.54, 1.807) is 0 Å². The van der Waals surface area contributed by atoms with Crippen molar-refractivity contribution in [3.8, 4) is 0 Å². The fraction of sp³-hybridized carbons (Fsp3) is 0.600. The molecule has 0 aromatic carbocycles. The Balaban J connectivity index is 1.57. The highest BCUT2D eigenvalue weighted by molar-refractivity contribution is 14.1. The van der Waals surface area contributed by atoms with E-state index < -0.39 is 0 Å². The number of aliphatic imine (C=N–C) groups is 1. The third-order valence-corrected chi connectivity index (χ3v) is 6.07. The number of fused-ring (bicyclic) bond motifs is 1. The molecule has 3 nitrogen and oxygen atoms in total. The van der Waals surface area contributed by atoms with E-state index in [2.05, 4.69) is 72.7 Å². The number of rotatable bonds is 4. The topological polar surface area (TPSA) is 37.3 Å². The second kappa shape index (κ2) is 7.24. The Morgan fingerprint density at radius 1 is 1.38 bits per heavy atom. The molecular formula is C20H28IN3. The molecule has 0 aliphatic heterocycles. The quantitative estimate of drug-likeness (QED) is 0.303. The first kappa shape index (κ1) is 18.1. The molecule has 0 saturated heterocycles. The normalized spacial score (nSPS) is 24.9. The van der Waals surface area contributed by atoms with Crippen LogP contribution < -0.4 is 5.32 Å². The molecule has 0 bridgehead atoms. The van der Waals surface area contributed by atoms with Gasteiger partial charge >= 0.3 is 0 Å². The number of hydrogen-bond donors (Lipinski definition) is 1. The average molecular weight is 437 g/mol. The van der Waals surface area contributed by atoms with Crippen molar-refractivity contribution in [3.63, 3.8) is 0 Å². The molecule has 1 unspecified atom stereocenters. The van der Waals surface area contributed by atoms with Crippen LogP contribution in [0.15, 0.2) is 22.8 Å². The summed E-state index contributed by atoms with van der Waals surface area (Å²) >= 11 is 2.40. The first-order chi connectivity index (χ1) is 11.3. The third kappa shape index (κ3) is 4.26. The van der Waals surface area contributed by atoms with Crippen LogP contribution in [0.1, 0.15) is 69.2 Å². The first-order valence-corrected chi connectivity index (χ1v) is 10.2. The second-order valence-electron chi connectivity index (χ2n) is 8.07. The maximum Gasteiger partial charge on any atom is 0.151 e. The molecule has 1 saturated carbocycles. The number of nitrogens with one attached hydrogen (secondary N) is 1. The van der Waals surface area contributed by atoms with Gasteiger partial charge in [0.05, 0.1) is 5.69 Å². The summed E-state index contributed by atoms with van der Waals surface area (Å²) in [5, 5.41) is 3.67. The van der Waals surface area contributed by atoms with E-state index in [0.717, 1.165) is 0 Å². The summed E-state index contributed by atoms with van der Waals surface area (Å²) in [4.78, 5) is 9.34. The molecule has 2 aliphatic rings. The number of aromatic nitrogens is 1. The minimum Gasteiger partial charge on any atom is -0.285 e. The lowest BCUT2D eigenvalue weighted by Crippen LogP contribution is -2.38. The van der Waals surface area contributed by atoms with Crippen molar-refractivity contribution in [3.05, 3.63) is 34.7 Å². The minimum atomic E-state index is 0.139. The van der Waals surface area contributed by atoms with Crippen LogP contribution in [0, 0.1) is 12.3 Å². The van der Waals surface area contributed by atoms with Gasteiger partial charge in [-0.1, -0.05) is 20.8 Å². The van der Waals surface area contributed by atoms with Crippen LogP contribution in [-0.2, 0) is 0 Å². The number of allylic oxidation sites excluding steroid dienone is 1. The van der Waals surface area contributed by atoms with E-state index in [9.17, 15) is 0 Å². The summed E-state index contributed by atoms with van der Waals surface area (Å²) in [7, 11) is 0. The van der Waals surface area contributed by atoms with Crippen molar-refractivity contribution in [2.45, 2.75) is 69.5 Å². The molecule has 4 heteroatoms. The van der Waals surface area contributed by atoms with E-state index in [4.69, 9.17) is 4.99 Å². The van der Waals surface area contributed by atoms with Crippen molar-refractivity contribution in [1.29, 1.82) is 0 Å². The highest BCUT2D eigenvalue weighted by atomic mass is 127. The summed E-state index contributed by atoms with van der Waals surface area (Å²) in [6.45, 7) is 9.06. The Hall–Kier alpha value is -0.750. The monoisotopic (exact) mass is 437 g/mol. The molecule has 0 spiro atoms. The van der Waals surface area contributed by atoms with Gasteiger partial charge in [0.1, 0.15) is 0 Å². The number of hydrogen-bond acceptors (Lipinski definition) is 3. The molecular weight excluding hydrogens is 409 g/mol. The zero-order valence-electron chi connectivity index (χ0n) is 15.1. The predicted molar refractivity (Wildman–Crippen MR) is 111 cm³/mol. The van der Waals surface area contributed by atoms with Crippen molar-refractivity contribution in [1.82, 2.24) is 10.3 Å². The Bertz CT molecular complexity index is 653. The maximum absolute atomic E-state index is 4.75. The van der Waals surface area contributed by atoms with Crippen molar-refractivity contribution in [2.24, 2.45) is 10.4 Å². The first-order valence-electron chi connectivity index (χ1n) is 8.95. The van der Waals surface area contributed by atoms with Gasteiger partial charge in [-0.2, -0.15) is 0 Å². The second-order valence-corrected chi connectivity index (χ2v) is 9.25. The Morgan fingerprint density at radius 3 is 2.79 bits per heavy atom. The van der Waals surface area contributed by atoms with Crippen molar-refractivity contribution in [2.75, 3.05) is 0 Å². The predicted octanol–water partition coefficient (Wildman–Crippen LogP) is 5.24. The Morgan fingerprint density at radius 2 is 2.08 bits per heavy atom. The van der Waals surface area contributed by atoms with Gasteiger partial charge in [-0.3, -0.25) is 15.3 Å². The Kier molecular flexibility index (Phi) is 5.45. The lowest BCUT2D eigenvalue weighted by Gasteiger charge is -2.35. The van der Waals surface area contributed by atoms with Crippen LogP contribution >= 0.6 is 22.6 Å². The van der Waals surface area contributed by atoms with Gasteiger partial charge in [0.2, 0.25) is 0 Å². The maximum atomic E-state index is 4.75. The molecule has 1 heterocycles. The van der Waals surface area contributed by atoms with Crippen molar-refractivity contribution < 1.29 is 0 Å². The van der Waals surface area contributed by atoms with Crippen LogP contribution in [0.5, 0.6) is 0 Å². The van der Waals surface area contributed by atoms with Gasteiger partial charge in [0.25, 0.3) is 0 Å². The van der Waals surface area contributed by atoms with Gasteiger partial charge in [0, 0.05) is 24.4 Å². The molecule has 1 aromatic rings. The fourth-order valence-corrected chi connectivity index (χ4v) is 4.32. The van der Waals surface area contributed by atoms with Gasteiger partial charge in [-0.25, -0.2) is 0 Å². The molecule has 1 aromatic heterocycles. The highest BCUT2D eigenvalue weighted by Gasteiger charge is 2.27. The molecule has 130 valence electrons. The zero-order valence-corrected chi connectivity index (χ0v) is 17.3. The Labute approximate surface area is 159 Å². The number of aryl methyl sites for hydroxylation is 1. The molecule has 2 atom stereocenters. The van der Waals surface area contributed by atoms with Crippen LogP contribution in [0.25, 0.3) is 6.08 Å². The van der Waals surface area contributed by atoms with Crippen LogP contribution in [-0.4, -0.2) is 21.4 Å². The van der Waals surface area contributed by atoms with E-state index in [1.807, 2.05) is 12.4 Å². The summed E-state index contributed by atoms with van der Waals surface area (Å²) in [5.41, 5.74) is 5.41. The zero-order chi connectivity index (χ0) is 17.3. The van der Waals surface area contributed by atoms with Gasteiger partial charge in [-0.15, -0.1) is 0 Å². The van der Waals surface area contributed by atoms with E-state index in [1.165, 1.54) is 48.1 Å². The molecule has 2 aliphatic carbocycles. The van der Waals surface area contributed by atoms with E-state index >= 15 is 0 Å². The number of alkyl halides is 1. The number of pyridine rings is 1. The van der Waals surface area contributed by atoms with Gasteiger partial charge in [0.15, 0.2) is 4.17 Å². The molecule has 0 radical (unpaired) electrons. The third-order valence-electron chi connectivity index (χ3n) is 5.39. The largest absolute Gasteiger partial charge is 0.285 e. The minimum absolute atomic E-state index is 0.139.